The Balaban J connectivity index is 2.21. The summed E-state index contributed by atoms with van der Waals surface area (Å²) in [7, 11) is 0. The van der Waals surface area contributed by atoms with Crippen LogP contribution in [0.4, 0.5) is 18.9 Å². The van der Waals surface area contributed by atoms with Gasteiger partial charge in [0.15, 0.2) is 0 Å². The van der Waals surface area contributed by atoms with Gasteiger partial charge in [0.2, 0.25) is 0 Å². The lowest BCUT2D eigenvalue weighted by Crippen LogP contribution is -2.29. The van der Waals surface area contributed by atoms with Crippen molar-refractivity contribution >= 4 is 5.69 Å². The van der Waals surface area contributed by atoms with Gasteiger partial charge < -0.3 is 10.1 Å². The number of hydrogen-bond donors (Lipinski definition) is 1. The van der Waals surface area contributed by atoms with Crippen molar-refractivity contribution < 1.29 is 22.8 Å². The van der Waals surface area contributed by atoms with Crippen molar-refractivity contribution in [3.63, 3.8) is 0 Å². The fourth-order valence-corrected chi connectivity index (χ4v) is 1.99. The van der Waals surface area contributed by atoms with Crippen LogP contribution in [0.25, 0.3) is 0 Å². The topological polar surface area (TPSA) is 82.2 Å². The molecule has 2 rings (SSSR count). The molecule has 1 aromatic heterocycles. The van der Waals surface area contributed by atoms with E-state index in [1.807, 2.05) is 0 Å². The van der Waals surface area contributed by atoms with Gasteiger partial charge >= 0.3 is 18.0 Å². The van der Waals surface area contributed by atoms with Crippen LogP contribution in [0.1, 0.15) is 18.9 Å². The molecule has 10 heteroatoms. The van der Waals surface area contributed by atoms with Crippen LogP contribution >= 0.6 is 0 Å². The standard InChI is InChI=1S/C10H13F3N4O3/c11-8(12)9(13)20-10-7(17(18)19)5-16(15-10)6-1-3-14-4-2-6/h5-6,8-9,14H,1-4H2. The Morgan fingerprint density at radius 1 is 1.45 bits per heavy atom. The van der Waals surface area contributed by atoms with E-state index in [1.165, 1.54) is 4.68 Å². The Bertz CT molecular complexity index is 476. The molecule has 1 unspecified atom stereocenters. The minimum absolute atomic E-state index is 0.100. The number of piperidine rings is 1. The van der Waals surface area contributed by atoms with Crippen LogP contribution in [0.2, 0.25) is 0 Å². The second-order valence-electron chi connectivity index (χ2n) is 4.34. The number of nitrogens with one attached hydrogen (secondary N) is 1. The molecule has 0 spiro atoms. The zero-order valence-electron chi connectivity index (χ0n) is 10.3. The van der Waals surface area contributed by atoms with Crippen molar-refractivity contribution in [2.75, 3.05) is 13.1 Å². The predicted octanol–water partition coefficient (Wildman–Crippen LogP) is 1.66. The molecule has 0 aromatic carbocycles. The molecule has 1 aliphatic heterocycles. The third-order valence-electron chi connectivity index (χ3n) is 2.98. The Hall–Kier alpha value is -1.84. The molecule has 112 valence electrons. The highest BCUT2D eigenvalue weighted by Gasteiger charge is 2.30. The maximum absolute atomic E-state index is 12.9. The summed E-state index contributed by atoms with van der Waals surface area (Å²) in [5, 5.41) is 17.7. The zero-order chi connectivity index (χ0) is 14.7. The van der Waals surface area contributed by atoms with Crippen LogP contribution in [0.3, 0.4) is 0 Å². The second-order valence-corrected chi connectivity index (χ2v) is 4.34. The molecule has 0 amide bonds. The maximum Gasteiger partial charge on any atom is 0.350 e. The normalized spacial score (nSPS) is 18.2. The van der Waals surface area contributed by atoms with Crippen molar-refractivity contribution in [2.45, 2.75) is 31.7 Å². The number of nitrogens with zero attached hydrogens (tertiary/aromatic N) is 3. The summed E-state index contributed by atoms with van der Waals surface area (Å²) in [5.74, 6) is -0.721. The van der Waals surface area contributed by atoms with Crippen molar-refractivity contribution in [1.82, 2.24) is 15.1 Å². The molecule has 2 heterocycles. The molecule has 1 fully saturated rings. The molecule has 0 radical (unpaired) electrons. The van der Waals surface area contributed by atoms with Gasteiger partial charge in [-0.25, -0.2) is 8.78 Å². The average molecular weight is 294 g/mol. The van der Waals surface area contributed by atoms with Gasteiger partial charge in [0.05, 0.1) is 11.0 Å². The van der Waals surface area contributed by atoms with Gasteiger partial charge in [0, 0.05) is 0 Å². The summed E-state index contributed by atoms with van der Waals surface area (Å²) in [6.45, 7) is 1.44. The van der Waals surface area contributed by atoms with E-state index in [9.17, 15) is 23.3 Å². The molecule has 1 atom stereocenters. The molecule has 20 heavy (non-hydrogen) atoms. The molecule has 1 N–H and O–H groups in total. The predicted molar refractivity (Wildman–Crippen MR) is 61.6 cm³/mol. The fourth-order valence-electron chi connectivity index (χ4n) is 1.99. The van der Waals surface area contributed by atoms with E-state index < -0.39 is 29.3 Å². The van der Waals surface area contributed by atoms with Gasteiger partial charge in [-0.1, -0.05) is 0 Å². The zero-order valence-corrected chi connectivity index (χ0v) is 10.3. The highest BCUT2D eigenvalue weighted by Crippen LogP contribution is 2.30. The lowest BCUT2D eigenvalue weighted by atomic mass is 10.1. The fraction of sp³-hybridized carbons (Fsp3) is 0.700. The minimum Gasteiger partial charge on any atom is -0.431 e. The molecule has 0 saturated carbocycles. The number of rotatable bonds is 5. The number of hydrogen-bond acceptors (Lipinski definition) is 5. The van der Waals surface area contributed by atoms with Gasteiger partial charge in [0.1, 0.15) is 6.20 Å². The van der Waals surface area contributed by atoms with E-state index in [1.54, 1.807) is 0 Å². The van der Waals surface area contributed by atoms with Crippen LogP contribution in [-0.4, -0.2) is 40.6 Å². The second kappa shape index (κ2) is 6.07. The van der Waals surface area contributed by atoms with E-state index in [0.29, 0.717) is 12.8 Å². The summed E-state index contributed by atoms with van der Waals surface area (Å²) < 4.78 is 42.6. The summed E-state index contributed by atoms with van der Waals surface area (Å²) in [6.07, 6.45) is -3.87. The first-order chi connectivity index (χ1) is 9.49. The summed E-state index contributed by atoms with van der Waals surface area (Å²) in [4.78, 5) is 9.98. The quantitative estimate of drug-likeness (QED) is 0.659. The first-order valence-electron chi connectivity index (χ1n) is 6.02. The van der Waals surface area contributed by atoms with Crippen molar-refractivity contribution in [3.8, 4) is 5.88 Å². The Morgan fingerprint density at radius 2 is 2.10 bits per heavy atom. The van der Waals surface area contributed by atoms with Gasteiger partial charge in [-0.05, 0) is 25.9 Å². The summed E-state index contributed by atoms with van der Waals surface area (Å²) in [5.41, 5.74) is -0.619. The highest BCUT2D eigenvalue weighted by atomic mass is 19.3. The van der Waals surface area contributed by atoms with E-state index >= 15 is 0 Å². The smallest absolute Gasteiger partial charge is 0.350 e. The molecule has 1 saturated heterocycles. The maximum atomic E-state index is 12.9. The van der Waals surface area contributed by atoms with Gasteiger partial charge in [0.25, 0.3) is 6.36 Å². The minimum atomic E-state index is -3.39. The monoisotopic (exact) mass is 294 g/mol. The molecular weight excluding hydrogens is 281 g/mol. The van der Waals surface area contributed by atoms with Crippen LogP contribution in [0.15, 0.2) is 6.20 Å². The van der Waals surface area contributed by atoms with Crippen LogP contribution in [-0.2, 0) is 0 Å². The first-order valence-corrected chi connectivity index (χ1v) is 6.02. The SMILES string of the molecule is O=[N+]([O-])c1cn(C2CCNCC2)nc1OC(F)C(F)F. The molecule has 0 bridgehead atoms. The van der Waals surface area contributed by atoms with Crippen LogP contribution in [0, 0.1) is 10.1 Å². The lowest BCUT2D eigenvalue weighted by Gasteiger charge is -2.22. The Morgan fingerprint density at radius 3 is 2.65 bits per heavy atom. The van der Waals surface area contributed by atoms with Crippen molar-refractivity contribution in [3.05, 3.63) is 16.3 Å². The van der Waals surface area contributed by atoms with Crippen LogP contribution in [0.5, 0.6) is 5.88 Å². The van der Waals surface area contributed by atoms with Crippen LogP contribution < -0.4 is 10.1 Å². The Labute approximate surface area is 111 Å². The molecule has 1 aliphatic rings. The highest BCUT2D eigenvalue weighted by molar-refractivity contribution is 5.38. The Kier molecular flexibility index (Phi) is 4.42. The van der Waals surface area contributed by atoms with Gasteiger partial charge in [-0.15, -0.1) is 5.10 Å². The lowest BCUT2D eigenvalue weighted by molar-refractivity contribution is -0.386. The number of nitro groups is 1. The van der Waals surface area contributed by atoms with Crippen molar-refractivity contribution in [2.24, 2.45) is 0 Å². The molecule has 7 nitrogen and oxygen atoms in total. The summed E-state index contributed by atoms with van der Waals surface area (Å²) in [6, 6.07) is -0.100. The van der Waals surface area contributed by atoms with E-state index in [-0.39, 0.29) is 6.04 Å². The van der Waals surface area contributed by atoms with E-state index in [4.69, 9.17) is 0 Å². The third kappa shape index (κ3) is 3.18. The van der Waals surface area contributed by atoms with Gasteiger partial charge in [-0.3, -0.25) is 14.8 Å². The van der Waals surface area contributed by atoms with Crippen molar-refractivity contribution in [1.29, 1.82) is 0 Å². The largest absolute Gasteiger partial charge is 0.431 e. The average Bonchev–Trinajstić information content (AvgIpc) is 2.83. The van der Waals surface area contributed by atoms with Gasteiger partial charge in [-0.2, -0.15) is 4.39 Å². The van der Waals surface area contributed by atoms with E-state index in [0.717, 1.165) is 19.3 Å². The molecule has 1 aromatic rings. The number of halogens is 3. The number of alkyl halides is 3. The summed E-state index contributed by atoms with van der Waals surface area (Å²) >= 11 is 0. The number of aromatic nitrogens is 2. The van der Waals surface area contributed by atoms with E-state index in [2.05, 4.69) is 15.2 Å². The molecular formula is C10H13F3N4O3. The third-order valence-corrected chi connectivity index (χ3v) is 2.98. The number of ether oxygens (including phenoxy) is 1. The first kappa shape index (κ1) is 14.6. The molecule has 0 aliphatic carbocycles.